The van der Waals surface area contributed by atoms with Crippen molar-refractivity contribution in [2.45, 2.75) is 38.9 Å². The van der Waals surface area contributed by atoms with Gasteiger partial charge in [-0.1, -0.05) is 12.1 Å². The first kappa shape index (κ1) is 17.3. The lowest BCUT2D eigenvalue weighted by Gasteiger charge is -2.24. The standard InChI is InChI=1S/C18H24N4O3/c1-18(2,3)25-17(23)22-10-9-12(11-22)24-16-15(19-4)20-13-7-5-6-8-14(13)21-16/h5-8,12H,9-11H2,1-4H3,(H,19,20)/t12-/m1/s1. The molecule has 1 fully saturated rings. The smallest absolute Gasteiger partial charge is 0.410 e. The largest absolute Gasteiger partial charge is 0.470 e. The predicted octanol–water partition coefficient (Wildman–Crippen LogP) is 3.06. The lowest BCUT2D eigenvalue weighted by atomic mass is 10.2. The second-order valence-electron chi connectivity index (χ2n) is 7.07. The second-order valence-corrected chi connectivity index (χ2v) is 7.07. The average molecular weight is 344 g/mol. The minimum absolute atomic E-state index is 0.130. The summed E-state index contributed by atoms with van der Waals surface area (Å²) in [6.07, 6.45) is 0.295. The highest BCUT2D eigenvalue weighted by molar-refractivity contribution is 5.77. The van der Waals surface area contributed by atoms with Crippen molar-refractivity contribution in [3.8, 4) is 5.88 Å². The molecule has 7 nitrogen and oxygen atoms in total. The Morgan fingerprint density at radius 3 is 2.56 bits per heavy atom. The van der Waals surface area contributed by atoms with Crippen molar-refractivity contribution in [1.29, 1.82) is 0 Å². The molecule has 1 aromatic heterocycles. The van der Waals surface area contributed by atoms with Crippen LogP contribution in [0.25, 0.3) is 11.0 Å². The van der Waals surface area contributed by atoms with Gasteiger partial charge in [0.1, 0.15) is 11.7 Å². The van der Waals surface area contributed by atoms with Crippen LogP contribution in [0, 0.1) is 0 Å². The molecule has 0 aliphatic carbocycles. The van der Waals surface area contributed by atoms with Gasteiger partial charge in [0.25, 0.3) is 5.88 Å². The van der Waals surface area contributed by atoms with Crippen LogP contribution in [-0.2, 0) is 4.74 Å². The molecule has 1 aromatic carbocycles. The fourth-order valence-corrected chi connectivity index (χ4v) is 2.70. The van der Waals surface area contributed by atoms with Gasteiger partial charge < -0.3 is 19.7 Å². The number of aromatic nitrogens is 2. The molecule has 2 heterocycles. The number of hydrogen-bond acceptors (Lipinski definition) is 6. The number of likely N-dealkylation sites (tertiary alicyclic amines) is 1. The first-order valence-corrected chi connectivity index (χ1v) is 8.45. The third-order valence-corrected chi connectivity index (χ3v) is 3.85. The van der Waals surface area contributed by atoms with E-state index in [9.17, 15) is 4.79 Å². The maximum absolute atomic E-state index is 12.2. The van der Waals surface area contributed by atoms with Crippen LogP contribution in [0.3, 0.4) is 0 Å². The SMILES string of the molecule is CNc1nc2ccccc2nc1O[C@@H]1CCN(C(=O)OC(C)(C)C)C1. The topological polar surface area (TPSA) is 76.6 Å². The predicted molar refractivity (Wildman–Crippen MR) is 95.9 cm³/mol. The fraction of sp³-hybridized carbons (Fsp3) is 0.500. The van der Waals surface area contributed by atoms with Crippen LogP contribution >= 0.6 is 0 Å². The molecule has 3 rings (SSSR count). The summed E-state index contributed by atoms with van der Waals surface area (Å²) in [5.74, 6) is 1.05. The number of fused-ring (bicyclic) bond motifs is 1. The molecular formula is C18H24N4O3. The normalized spacial score (nSPS) is 17.6. The number of amides is 1. The van der Waals surface area contributed by atoms with Gasteiger partial charge in [-0.2, -0.15) is 0 Å². The van der Waals surface area contributed by atoms with Gasteiger partial charge in [0.15, 0.2) is 5.82 Å². The number of hydrogen-bond donors (Lipinski definition) is 1. The van der Waals surface area contributed by atoms with Crippen molar-refractivity contribution in [3.05, 3.63) is 24.3 Å². The molecular weight excluding hydrogens is 320 g/mol. The molecule has 134 valence electrons. The molecule has 2 aromatic rings. The lowest BCUT2D eigenvalue weighted by molar-refractivity contribution is 0.0275. The summed E-state index contributed by atoms with van der Waals surface area (Å²) in [5, 5.41) is 3.02. The van der Waals surface area contributed by atoms with Crippen molar-refractivity contribution in [3.63, 3.8) is 0 Å². The maximum Gasteiger partial charge on any atom is 0.410 e. The van der Waals surface area contributed by atoms with Crippen molar-refractivity contribution in [2.24, 2.45) is 0 Å². The Bertz CT molecular complexity index is 772. The van der Waals surface area contributed by atoms with Gasteiger partial charge in [-0.25, -0.2) is 14.8 Å². The summed E-state index contributed by atoms with van der Waals surface area (Å²) >= 11 is 0. The number of rotatable bonds is 3. The fourth-order valence-electron chi connectivity index (χ4n) is 2.70. The molecule has 1 aliphatic heterocycles. The molecule has 0 bridgehead atoms. The van der Waals surface area contributed by atoms with Crippen LogP contribution in [0.5, 0.6) is 5.88 Å². The number of carbonyl (C=O) groups is 1. The van der Waals surface area contributed by atoms with Crippen molar-refractivity contribution < 1.29 is 14.3 Å². The molecule has 1 amide bonds. The molecule has 1 saturated heterocycles. The zero-order chi connectivity index (χ0) is 18.0. The summed E-state index contributed by atoms with van der Waals surface area (Å²) < 4.78 is 11.4. The molecule has 0 spiro atoms. The summed E-state index contributed by atoms with van der Waals surface area (Å²) in [4.78, 5) is 22.9. The first-order chi connectivity index (χ1) is 11.9. The van der Waals surface area contributed by atoms with Crippen LogP contribution in [0.2, 0.25) is 0 Å². The van der Waals surface area contributed by atoms with E-state index in [0.29, 0.717) is 24.8 Å². The maximum atomic E-state index is 12.2. The number of nitrogens with zero attached hydrogens (tertiary/aromatic N) is 3. The van der Waals surface area contributed by atoms with Gasteiger partial charge in [0.2, 0.25) is 0 Å². The molecule has 0 unspecified atom stereocenters. The Morgan fingerprint density at radius 2 is 1.92 bits per heavy atom. The van der Waals surface area contributed by atoms with Crippen molar-refractivity contribution >= 4 is 22.9 Å². The van der Waals surface area contributed by atoms with Crippen molar-refractivity contribution in [1.82, 2.24) is 14.9 Å². The molecule has 0 saturated carbocycles. The van der Waals surface area contributed by atoms with Gasteiger partial charge >= 0.3 is 6.09 Å². The van der Waals surface area contributed by atoms with Gasteiger partial charge in [-0.3, -0.25) is 0 Å². The zero-order valence-electron chi connectivity index (χ0n) is 15.1. The summed E-state index contributed by atoms with van der Waals surface area (Å²) in [5.41, 5.74) is 1.08. The van der Waals surface area contributed by atoms with E-state index in [2.05, 4.69) is 15.3 Å². The Labute approximate surface area is 147 Å². The number of ether oxygens (including phenoxy) is 2. The Kier molecular flexibility index (Phi) is 4.65. The molecule has 25 heavy (non-hydrogen) atoms. The van der Waals surface area contributed by atoms with E-state index in [0.717, 1.165) is 17.5 Å². The van der Waals surface area contributed by atoms with E-state index in [1.165, 1.54) is 0 Å². The number of carbonyl (C=O) groups excluding carboxylic acids is 1. The van der Waals surface area contributed by atoms with Gasteiger partial charge in [-0.05, 0) is 32.9 Å². The summed E-state index contributed by atoms with van der Waals surface area (Å²) in [6.45, 7) is 6.67. The number of anilines is 1. The van der Waals surface area contributed by atoms with Crippen molar-refractivity contribution in [2.75, 3.05) is 25.5 Å². The Balaban J connectivity index is 1.71. The molecule has 1 atom stereocenters. The van der Waals surface area contributed by atoms with Gasteiger partial charge in [-0.15, -0.1) is 0 Å². The number of nitrogens with one attached hydrogen (secondary N) is 1. The van der Waals surface area contributed by atoms with E-state index < -0.39 is 5.60 Å². The van der Waals surface area contributed by atoms with Crippen LogP contribution in [0.15, 0.2) is 24.3 Å². The molecule has 1 N–H and O–H groups in total. The Morgan fingerprint density at radius 1 is 1.24 bits per heavy atom. The van der Waals surface area contributed by atoms with Crippen LogP contribution in [0.1, 0.15) is 27.2 Å². The van der Waals surface area contributed by atoms with E-state index in [1.54, 1.807) is 11.9 Å². The molecule has 1 aliphatic rings. The number of benzene rings is 1. The van der Waals surface area contributed by atoms with E-state index >= 15 is 0 Å². The third kappa shape index (κ3) is 4.10. The molecule has 7 heteroatoms. The summed E-state index contributed by atoms with van der Waals surface area (Å²) in [7, 11) is 1.79. The van der Waals surface area contributed by atoms with Gasteiger partial charge in [0, 0.05) is 20.0 Å². The van der Waals surface area contributed by atoms with E-state index in [4.69, 9.17) is 9.47 Å². The highest BCUT2D eigenvalue weighted by Gasteiger charge is 2.31. The van der Waals surface area contributed by atoms with Crippen LogP contribution in [0.4, 0.5) is 10.6 Å². The van der Waals surface area contributed by atoms with E-state index in [1.807, 2.05) is 45.0 Å². The first-order valence-electron chi connectivity index (χ1n) is 8.45. The molecule has 0 radical (unpaired) electrons. The minimum Gasteiger partial charge on any atom is -0.470 e. The Hall–Kier alpha value is -2.57. The highest BCUT2D eigenvalue weighted by atomic mass is 16.6. The van der Waals surface area contributed by atoms with Crippen LogP contribution < -0.4 is 10.1 Å². The quantitative estimate of drug-likeness (QED) is 0.922. The third-order valence-electron chi connectivity index (χ3n) is 3.85. The van der Waals surface area contributed by atoms with Gasteiger partial charge in [0.05, 0.1) is 17.6 Å². The highest BCUT2D eigenvalue weighted by Crippen LogP contribution is 2.26. The van der Waals surface area contributed by atoms with E-state index in [-0.39, 0.29) is 12.2 Å². The lowest BCUT2D eigenvalue weighted by Crippen LogP contribution is -2.36. The monoisotopic (exact) mass is 344 g/mol. The second kappa shape index (κ2) is 6.74. The average Bonchev–Trinajstić information content (AvgIpc) is 3.01. The number of para-hydroxylation sites is 2. The summed E-state index contributed by atoms with van der Waals surface area (Å²) in [6, 6.07) is 7.65. The van der Waals surface area contributed by atoms with Crippen LogP contribution in [-0.4, -0.2) is 52.8 Å². The zero-order valence-corrected chi connectivity index (χ0v) is 15.1. The minimum atomic E-state index is -0.501.